The van der Waals surface area contributed by atoms with Crippen molar-refractivity contribution < 1.29 is 9.18 Å². The smallest absolute Gasteiger partial charge is 0.234 e. The second kappa shape index (κ2) is 8.19. The molecule has 0 aliphatic heterocycles. The van der Waals surface area contributed by atoms with Crippen LogP contribution in [0.1, 0.15) is 43.8 Å². The van der Waals surface area contributed by atoms with Crippen molar-refractivity contribution in [1.82, 2.24) is 14.8 Å². The third kappa shape index (κ3) is 4.52. The van der Waals surface area contributed by atoms with Crippen molar-refractivity contribution in [3.63, 3.8) is 0 Å². The molecule has 0 atom stereocenters. The van der Waals surface area contributed by atoms with E-state index in [1.165, 1.54) is 49.2 Å². The molecule has 2 aromatic rings. The Morgan fingerprint density at radius 3 is 2.84 bits per heavy atom. The van der Waals surface area contributed by atoms with Gasteiger partial charge in [0.2, 0.25) is 5.91 Å². The van der Waals surface area contributed by atoms with Gasteiger partial charge in [0.05, 0.1) is 10.8 Å². The van der Waals surface area contributed by atoms with Crippen LogP contribution in [0.2, 0.25) is 5.02 Å². The number of thioether (sulfide) groups is 1. The van der Waals surface area contributed by atoms with Crippen LogP contribution in [-0.2, 0) is 11.8 Å². The minimum Gasteiger partial charge on any atom is -0.325 e. The molecule has 25 heavy (non-hydrogen) atoms. The summed E-state index contributed by atoms with van der Waals surface area (Å²) >= 11 is 7.05. The van der Waals surface area contributed by atoms with Gasteiger partial charge in [-0.05, 0) is 31.0 Å². The maximum Gasteiger partial charge on any atom is 0.234 e. The quantitative estimate of drug-likeness (QED) is 0.779. The third-order valence-corrected chi connectivity index (χ3v) is 5.68. The Kier molecular flexibility index (Phi) is 5.96. The fourth-order valence-electron chi connectivity index (χ4n) is 3.07. The lowest BCUT2D eigenvalue weighted by molar-refractivity contribution is -0.113. The van der Waals surface area contributed by atoms with Crippen molar-refractivity contribution in [3.05, 3.63) is 34.9 Å². The second-order valence-electron chi connectivity index (χ2n) is 6.20. The van der Waals surface area contributed by atoms with Crippen LogP contribution < -0.4 is 5.32 Å². The number of anilines is 1. The molecule has 1 fully saturated rings. The predicted molar refractivity (Wildman–Crippen MR) is 97.6 cm³/mol. The maximum absolute atomic E-state index is 13.1. The number of benzene rings is 1. The number of hydrogen-bond acceptors (Lipinski definition) is 4. The number of rotatable bonds is 5. The zero-order valence-electron chi connectivity index (χ0n) is 14.0. The van der Waals surface area contributed by atoms with Crippen LogP contribution in [-0.4, -0.2) is 26.4 Å². The number of carbonyl (C=O) groups is 1. The molecular weight excluding hydrogens is 363 g/mol. The molecule has 1 aliphatic carbocycles. The highest BCUT2D eigenvalue weighted by Crippen LogP contribution is 2.32. The summed E-state index contributed by atoms with van der Waals surface area (Å²) in [5.74, 6) is 0.966. The van der Waals surface area contributed by atoms with E-state index in [2.05, 4.69) is 15.5 Å². The normalized spacial score (nSPS) is 15.3. The monoisotopic (exact) mass is 382 g/mol. The molecule has 5 nitrogen and oxygen atoms in total. The Hall–Kier alpha value is -1.60. The van der Waals surface area contributed by atoms with E-state index in [0.29, 0.717) is 11.6 Å². The van der Waals surface area contributed by atoms with Gasteiger partial charge in [0.25, 0.3) is 0 Å². The molecular formula is C17H20ClFN4OS. The fourth-order valence-corrected chi connectivity index (χ4v) is 3.97. The highest BCUT2D eigenvalue weighted by Gasteiger charge is 2.22. The molecule has 1 N–H and O–H groups in total. The molecule has 1 saturated carbocycles. The number of amides is 1. The summed E-state index contributed by atoms with van der Waals surface area (Å²) in [6.07, 6.45) is 6.08. The standard InChI is InChI=1S/C17H20ClFN4OS/c1-23-16(11-5-3-2-4-6-11)21-22-17(23)25-10-15(24)20-12-7-8-14(19)13(18)9-12/h7-9,11H,2-6,10H2,1H3,(H,20,24). The van der Waals surface area contributed by atoms with Crippen molar-refractivity contribution in [2.75, 3.05) is 11.1 Å². The lowest BCUT2D eigenvalue weighted by atomic mass is 9.89. The summed E-state index contributed by atoms with van der Waals surface area (Å²) in [6.45, 7) is 0. The van der Waals surface area contributed by atoms with E-state index < -0.39 is 5.82 Å². The number of nitrogens with zero attached hydrogens (tertiary/aromatic N) is 3. The van der Waals surface area contributed by atoms with E-state index in [-0.39, 0.29) is 16.7 Å². The molecule has 1 aromatic carbocycles. The van der Waals surface area contributed by atoms with Crippen molar-refractivity contribution >= 4 is 35.0 Å². The maximum atomic E-state index is 13.1. The van der Waals surface area contributed by atoms with E-state index in [9.17, 15) is 9.18 Å². The lowest BCUT2D eigenvalue weighted by Crippen LogP contribution is -2.15. The zero-order chi connectivity index (χ0) is 17.8. The van der Waals surface area contributed by atoms with Crippen LogP contribution in [0.3, 0.4) is 0 Å². The Morgan fingerprint density at radius 2 is 2.12 bits per heavy atom. The Morgan fingerprint density at radius 1 is 1.36 bits per heavy atom. The molecule has 1 heterocycles. The molecule has 1 aliphatic rings. The largest absolute Gasteiger partial charge is 0.325 e. The highest BCUT2D eigenvalue weighted by molar-refractivity contribution is 7.99. The molecule has 8 heteroatoms. The van der Waals surface area contributed by atoms with Crippen LogP contribution in [0.15, 0.2) is 23.4 Å². The SMILES string of the molecule is Cn1c(SCC(=O)Nc2ccc(F)c(Cl)c2)nnc1C1CCCCC1. The Labute approximate surface area is 155 Å². The van der Waals surface area contributed by atoms with Gasteiger partial charge in [-0.15, -0.1) is 10.2 Å². The van der Waals surface area contributed by atoms with E-state index in [0.717, 1.165) is 23.8 Å². The van der Waals surface area contributed by atoms with Crippen LogP contribution in [0.5, 0.6) is 0 Å². The summed E-state index contributed by atoms with van der Waals surface area (Å²) < 4.78 is 15.1. The first-order valence-electron chi connectivity index (χ1n) is 8.31. The number of hydrogen-bond donors (Lipinski definition) is 1. The van der Waals surface area contributed by atoms with Crippen LogP contribution >= 0.6 is 23.4 Å². The van der Waals surface area contributed by atoms with Crippen LogP contribution in [0, 0.1) is 5.82 Å². The first-order chi connectivity index (χ1) is 12.0. The Balaban J connectivity index is 1.56. The Bertz CT molecular complexity index is 761. The summed E-state index contributed by atoms with van der Waals surface area (Å²) in [7, 11) is 1.95. The van der Waals surface area contributed by atoms with Crippen molar-refractivity contribution in [3.8, 4) is 0 Å². The van der Waals surface area contributed by atoms with Crippen molar-refractivity contribution in [1.29, 1.82) is 0 Å². The van der Waals surface area contributed by atoms with E-state index in [4.69, 9.17) is 11.6 Å². The molecule has 0 spiro atoms. The van der Waals surface area contributed by atoms with Gasteiger partial charge in [-0.1, -0.05) is 42.6 Å². The molecule has 134 valence electrons. The first kappa shape index (κ1) is 18.2. The molecule has 0 saturated heterocycles. The summed E-state index contributed by atoms with van der Waals surface area (Å²) in [4.78, 5) is 12.1. The zero-order valence-corrected chi connectivity index (χ0v) is 15.5. The number of carbonyl (C=O) groups excluding carboxylic acids is 1. The number of aromatic nitrogens is 3. The lowest BCUT2D eigenvalue weighted by Gasteiger charge is -2.20. The van der Waals surface area contributed by atoms with Gasteiger partial charge in [0, 0.05) is 18.7 Å². The van der Waals surface area contributed by atoms with Crippen molar-refractivity contribution in [2.45, 2.75) is 43.2 Å². The van der Waals surface area contributed by atoms with E-state index >= 15 is 0 Å². The van der Waals surface area contributed by atoms with Gasteiger partial charge >= 0.3 is 0 Å². The fraction of sp³-hybridized carbons (Fsp3) is 0.471. The molecule has 0 radical (unpaired) electrons. The van der Waals surface area contributed by atoms with E-state index in [1.807, 2.05) is 11.6 Å². The van der Waals surface area contributed by atoms with Gasteiger partial charge in [-0.25, -0.2) is 4.39 Å². The van der Waals surface area contributed by atoms with Gasteiger partial charge < -0.3 is 9.88 Å². The average Bonchev–Trinajstić information content (AvgIpc) is 2.98. The highest BCUT2D eigenvalue weighted by atomic mass is 35.5. The number of nitrogens with one attached hydrogen (secondary N) is 1. The summed E-state index contributed by atoms with van der Waals surface area (Å²) in [5, 5.41) is 12.0. The van der Waals surface area contributed by atoms with Crippen LogP contribution in [0.25, 0.3) is 0 Å². The predicted octanol–water partition coefficient (Wildman–Crippen LogP) is 4.39. The molecule has 3 rings (SSSR count). The third-order valence-electron chi connectivity index (χ3n) is 4.37. The molecule has 1 aromatic heterocycles. The molecule has 0 unspecified atom stereocenters. The van der Waals surface area contributed by atoms with Crippen molar-refractivity contribution in [2.24, 2.45) is 7.05 Å². The van der Waals surface area contributed by atoms with Gasteiger partial charge in [0.15, 0.2) is 5.16 Å². The number of halogens is 2. The van der Waals surface area contributed by atoms with E-state index in [1.54, 1.807) is 0 Å². The summed E-state index contributed by atoms with van der Waals surface area (Å²) in [5.41, 5.74) is 0.470. The average molecular weight is 383 g/mol. The minimum atomic E-state index is -0.511. The second-order valence-corrected chi connectivity index (χ2v) is 7.55. The minimum absolute atomic E-state index is 0.0177. The molecule has 0 bridgehead atoms. The van der Waals surface area contributed by atoms with Gasteiger partial charge in [-0.3, -0.25) is 4.79 Å². The summed E-state index contributed by atoms with van der Waals surface area (Å²) in [6, 6.07) is 4.10. The van der Waals surface area contributed by atoms with Crippen LogP contribution in [0.4, 0.5) is 10.1 Å². The first-order valence-corrected chi connectivity index (χ1v) is 9.68. The van der Waals surface area contributed by atoms with Gasteiger partial charge in [-0.2, -0.15) is 0 Å². The van der Waals surface area contributed by atoms with Gasteiger partial charge in [0.1, 0.15) is 11.6 Å². The topological polar surface area (TPSA) is 59.8 Å². The molecule has 1 amide bonds.